The Balaban J connectivity index is 3.88. The van der Waals surface area contributed by atoms with Crippen LogP contribution >= 0.6 is 0 Å². The van der Waals surface area contributed by atoms with E-state index in [0.717, 1.165) is 12.8 Å². The molecule has 5 nitrogen and oxygen atoms in total. The Morgan fingerprint density at radius 2 is 1.42 bits per heavy atom. The summed E-state index contributed by atoms with van der Waals surface area (Å²) >= 11 is 0. The molecule has 0 aromatic heterocycles. The lowest BCUT2D eigenvalue weighted by molar-refractivity contribution is -0.150. The summed E-state index contributed by atoms with van der Waals surface area (Å²) in [5, 5.41) is 0. The van der Waals surface area contributed by atoms with Crippen LogP contribution in [0.2, 0.25) is 0 Å². The molecule has 142 valence electrons. The molecule has 0 aliphatic carbocycles. The van der Waals surface area contributed by atoms with Gasteiger partial charge in [-0.3, -0.25) is 4.90 Å². The molecule has 0 N–H and O–H groups in total. The Hall–Kier alpha value is -1.26. The second-order valence-electron chi connectivity index (χ2n) is 6.77. The van der Waals surface area contributed by atoms with E-state index in [1.807, 2.05) is 13.8 Å². The first-order chi connectivity index (χ1) is 11.5. The van der Waals surface area contributed by atoms with Crippen LogP contribution in [0.4, 0.5) is 4.79 Å². The highest BCUT2D eigenvalue weighted by Gasteiger charge is 2.31. The van der Waals surface area contributed by atoms with Crippen molar-refractivity contribution in [2.45, 2.75) is 84.6 Å². The number of unbranched alkanes of at least 4 members (excludes halogenated alkanes) is 8. The minimum atomic E-state index is -0.601. The third kappa shape index (κ3) is 9.78. The normalized spacial score (nSPS) is 12.1. The van der Waals surface area contributed by atoms with Crippen LogP contribution in [-0.2, 0) is 14.3 Å². The molecular formula is C19H37NO4. The molecule has 0 bridgehead atoms. The molecule has 24 heavy (non-hydrogen) atoms. The molecule has 0 saturated heterocycles. The predicted octanol–water partition coefficient (Wildman–Crippen LogP) is 4.78. The van der Waals surface area contributed by atoms with E-state index in [1.165, 1.54) is 57.0 Å². The van der Waals surface area contributed by atoms with Gasteiger partial charge in [-0.25, -0.2) is 9.59 Å². The Morgan fingerprint density at radius 3 is 1.88 bits per heavy atom. The summed E-state index contributed by atoms with van der Waals surface area (Å²) in [5.41, 5.74) is 0. The lowest BCUT2D eigenvalue weighted by Crippen LogP contribution is -2.46. The van der Waals surface area contributed by atoms with Gasteiger partial charge in [0.15, 0.2) is 0 Å². The van der Waals surface area contributed by atoms with Crippen LogP contribution in [0.3, 0.4) is 0 Å². The lowest BCUT2D eigenvalue weighted by Gasteiger charge is -2.28. The van der Waals surface area contributed by atoms with Gasteiger partial charge in [0.2, 0.25) is 0 Å². The first-order valence-electron chi connectivity index (χ1n) is 9.43. The zero-order valence-corrected chi connectivity index (χ0v) is 16.3. The molecule has 0 heterocycles. The third-order valence-electron chi connectivity index (χ3n) is 4.25. The first kappa shape index (κ1) is 22.7. The number of nitrogens with zero attached hydrogens (tertiary/aromatic N) is 1. The van der Waals surface area contributed by atoms with Crippen LogP contribution in [0.25, 0.3) is 0 Å². The zero-order chi connectivity index (χ0) is 18.4. The largest absolute Gasteiger partial charge is 0.464 e. The minimum Gasteiger partial charge on any atom is -0.464 e. The number of carbonyl (C=O) groups is 2. The summed E-state index contributed by atoms with van der Waals surface area (Å²) < 4.78 is 10.0. The van der Waals surface area contributed by atoms with Gasteiger partial charge >= 0.3 is 12.1 Å². The first-order valence-corrected chi connectivity index (χ1v) is 9.43. The van der Waals surface area contributed by atoms with Crippen molar-refractivity contribution in [3.8, 4) is 0 Å². The Bertz CT molecular complexity index is 344. The summed E-state index contributed by atoms with van der Waals surface area (Å²) in [7, 11) is 2.88. The number of esters is 1. The lowest BCUT2D eigenvalue weighted by atomic mass is 10.0. The fraction of sp³-hybridized carbons (Fsp3) is 0.895. The molecule has 0 radical (unpaired) electrons. The minimum absolute atomic E-state index is 0.0234. The topological polar surface area (TPSA) is 55.8 Å². The van der Waals surface area contributed by atoms with Gasteiger partial charge in [0, 0.05) is 7.05 Å². The number of hydrogen-bond donors (Lipinski definition) is 0. The summed E-state index contributed by atoms with van der Waals surface area (Å²) in [6, 6.07) is -0.601. The van der Waals surface area contributed by atoms with Gasteiger partial charge in [0.25, 0.3) is 0 Å². The SMILES string of the molecule is CCCCCCCCCCCOC(=O)C(C(C)C)N(C)C(=O)OC. The monoisotopic (exact) mass is 343 g/mol. The quantitative estimate of drug-likeness (QED) is 0.356. The molecule has 0 aliphatic rings. The maximum atomic E-state index is 12.2. The van der Waals surface area contributed by atoms with E-state index < -0.39 is 12.1 Å². The highest BCUT2D eigenvalue weighted by atomic mass is 16.6. The highest BCUT2D eigenvalue weighted by Crippen LogP contribution is 2.13. The number of ether oxygens (including phenoxy) is 2. The van der Waals surface area contributed by atoms with Gasteiger partial charge in [-0.05, 0) is 12.3 Å². The van der Waals surface area contributed by atoms with E-state index in [2.05, 4.69) is 11.7 Å². The average molecular weight is 344 g/mol. The molecule has 0 aromatic rings. The standard InChI is InChI=1S/C19H37NO4/c1-6-7-8-9-10-11-12-13-14-15-24-18(21)17(16(2)3)20(4)19(22)23-5/h16-17H,6-15H2,1-5H3. The van der Waals surface area contributed by atoms with Crippen molar-refractivity contribution in [3.05, 3.63) is 0 Å². The van der Waals surface area contributed by atoms with E-state index in [4.69, 9.17) is 4.74 Å². The van der Waals surface area contributed by atoms with Crippen LogP contribution in [0.15, 0.2) is 0 Å². The number of amides is 1. The fourth-order valence-corrected chi connectivity index (χ4v) is 2.81. The van der Waals surface area contributed by atoms with Crippen LogP contribution in [0.1, 0.15) is 78.6 Å². The molecule has 0 rings (SSSR count). The van der Waals surface area contributed by atoms with E-state index in [9.17, 15) is 9.59 Å². The summed E-state index contributed by atoms with van der Waals surface area (Å²) in [6.07, 6.45) is 10.5. The number of likely N-dealkylation sites (N-methyl/N-ethyl adjacent to an activating group) is 1. The van der Waals surface area contributed by atoms with Crippen molar-refractivity contribution in [2.24, 2.45) is 5.92 Å². The molecular weight excluding hydrogens is 306 g/mol. The number of carbonyl (C=O) groups excluding carboxylic acids is 2. The van der Waals surface area contributed by atoms with Crippen molar-refractivity contribution < 1.29 is 19.1 Å². The fourth-order valence-electron chi connectivity index (χ4n) is 2.81. The van der Waals surface area contributed by atoms with Gasteiger partial charge in [0.05, 0.1) is 13.7 Å². The Morgan fingerprint density at radius 1 is 0.917 bits per heavy atom. The summed E-state index contributed by atoms with van der Waals surface area (Å²) in [5.74, 6) is -0.373. The van der Waals surface area contributed by atoms with Crippen molar-refractivity contribution in [1.82, 2.24) is 4.90 Å². The number of methoxy groups -OCH3 is 1. The molecule has 0 spiro atoms. The van der Waals surface area contributed by atoms with Gasteiger partial charge in [-0.2, -0.15) is 0 Å². The molecule has 5 heteroatoms. The second-order valence-corrected chi connectivity index (χ2v) is 6.77. The molecule has 0 fully saturated rings. The van der Waals surface area contributed by atoms with Crippen LogP contribution < -0.4 is 0 Å². The van der Waals surface area contributed by atoms with Crippen LogP contribution in [0, 0.1) is 5.92 Å². The average Bonchev–Trinajstić information content (AvgIpc) is 2.55. The molecule has 1 atom stereocenters. The van der Waals surface area contributed by atoms with Crippen molar-refractivity contribution >= 4 is 12.1 Å². The van der Waals surface area contributed by atoms with Gasteiger partial charge in [-0.1, -0.05) is 72.1 Å². The zero-order valence-electron chi connectivity index (χ0n) is 16.3. The van der Waals surface area contributed by atoms with Crippen molar-refractivity contribution in [1.29, 1.82) is 0 Å². The Kier molecular flexibility index (Phi) is 13.4. The Labute approximate surface area is 148 Å². The maximum Gasteiger partial charge on any atom is 0.409 e. The maximum absolute atomic E-state index is 12.2. The van der Waals surface area contributed by atoms with Gasteiger partial charge < -0.3 is 9.47 Å². The molecule has 0 aromatic carbocycles. The number of hydrogen-bond acceptors (Lipinski definition) is 4. The molecule has 1 unspecified atom stereocenters. The highest BCUT2D eigenvalue weighted by molar-refractivity contribution is 5.81. The molecule has 0 saturated carbocycles. The smallest absolute Gasteiger partial charge is 0.409 e. The third-order valence-corrected chi connectivity index (χ3v) is 4.25. The van der Waals surface area contributed by atoms with E-state index in [-0.39, 0.29) is 11.9 Å². The summed E-state index contributed by atoms with van der Waals surface area (Å²) in [4.78, 5) is 25.1. The number of rotatable bonds is 13. The van der Waals surface area contributed by atoms with Crippen molar-refractivity contribution in [2.75, 3.05) is 20.8 Å². The van der Waals surface area contributed by atoms with Crippen LogP contribution in [-0.4, -0.2) is 43.8 Å². The summed E-state index contributed by atoms with van der Waals surface area (Å²) in [6.45, 7) is 6.44. The van der Waals surface area contributed by atoms with E-state index >= 15 is 0 Å². The van der Waals surface area contributed by atoms with Crippen LogP contribution in [0.5, 0.6) is 0 Å². The second kappa shape index (κ2) is 14.1. The van der Waals surface area contributed by atoms with E-state index in [0.29, 0.717) is 6.61 Å². The molecule has 1 amide bonds. The van der Waals surface area contributed by atoms with E-state index in [1.54, 1.807) is 7.05 Å². The van der Waals surface area contributed by atoms with Crippen molar-refractivity contribution in [3.63, 3.8) is 0 Å². The predicted molar refractivity (Wildman–Crippen MR) is 97.0 cm³/mol. The van der Waals surface area contributed by atoms with Gasteiger partial charge in [-0.15, -0.1) is 0 Å². The van der Waals surface area contributed by atoms with Gasteiger partial charge in [0.1, 0.15) is 6.04 Å². The molecule has 0 aliphatic heterocycles.